The number of fused-ring (bicyclic) bond motifs is 5. The van der Waals surface area contributed by atoms with Gasteiger partial charge in [0.05, 0.1) is 6.20 Å². The zero-order valence-electron chi connectivity index (χ0n) is 15.8. The summed E-state index contributed by atoms with van der Waals surface area (Å²) < 4.78 is 30.2. The second-order valence-corrected chi connectivity index (χ2v) is 7.57. The molecule has 29 heavy (non-hydrogen) atoms. The molecule has 1 aromatic carbocycles. The predicted octanol–water partition coefficient (Wildman–Crippen LogP) is 1.83. The van der Waals surface area contributed by atoms with Crippen LogP contribution in [-0.2, 0) is 11.2 Å². The molecule has 0 N–H and O–H groups in total. The van der Waals surface area contributed by atoms with Crippen LogP contribution in [0.4, 0.5) is 5.69 Å². The van der Waals surface area contributed by atoms with Gasteiger partial charge >= 0.3 is 5.56 Å². The van der Waals surface area contributed by atoms with E-state index in [-0.39, 0.29) is 31.4 Å². The molecule has 0 aliphatic carbocycles. The van der Waals surface area contributed by atoms with Crippen molar-refractivity contribution in [2.75, 3.05) is 31.5 Å². The van der Waals surface area contributed by atoms with Crippen molar-refractivity contribution in [2.45, 2.75) is 38.1 Å². The molecule has 4 aliphatic rings. The second-order valence-electron chi connectivity index (χ2n) is 7.57. The lowest BCUT2D eigenvalue weighted by molar-refractivity contribution is -0.0432. The van der Waals surface area contributed by atoms with Crippen LogP contribution >= 0.6 is 0 Å². The minimum atomic E-state index is -0.341. The molecule has 2 unspecified atom stereocenters. The normalized spacial score (nSPS) is 24.5. The van der Waals surface area contributed by atoms with E-state index in [0.717, 1.165) is 42.7 Å². The molecule has 1 saturated heterocycles. The molecule has 6 rings (SSSR count). The number of anilines is 1. The van der Waals surface area contributed by atoms with Gasteiger partial charge in [0.15, 0.2) is 17.7 Å². The van der Waals surface area contributed by atoms with Crippen molar-refractivity contribution in [3.05, 3.63) is 34.2 Å². The van der Waals surface area contributed by atoms with Gasteiger partial charge in [-0.3, -0.25) is 4.79 Å². The van der Waals surface area contributed by atoms with Gasteiger partial charge in [0.1, 0.15) is 18.0 Å². The lowest BCUT2D eigenvalue weighted by Crippen LogP contribution is -2.48. The van der Waals surface area contributed by atoms with Crippen LogP contribution in [0.3, 0.4) is 0 Å². The Hall–Kier alpha value is -2.94. The number of benzene rings is 1. The first-order valence-corrected chi connectivity index (χ1v) is 10.00. The predicted molar refractivity (Wildman–Crippen MR) is 101 cm³/mol. The Kier molecular flexibility index (Phi) is 3.83. The molecule has 0 radical (unpaired) electrons. The SMILES string of the molecule is O=c1c2c(cnn1C1CCCCO1)N1CCc3cc4c(cc3OC1CO2)OCO4. The minimum Gasteiger partial charge on any atom is -0.480 e. The van der Waals surface area contributed by atoms with Gasteiger partial charge in [-0.05, 0) is 37.3 Å². The minimum absolute atomic E-state index is 0.229. The van der Waals surface area contributed by atoms with Gasteiger partial charge in [-0.1, -0.05) is 0 Å². The first-order valence-electron chi connectivity index (χ1n) is 10.00. The van der Waals surface area contributed by atoms with E-state index >= 15 is 0 Å². The lowest BCUT2D eigenvalue weighted by atomic mass is 10.1. The molecule has 152 valence electrons. The van der Waals surface area contributed by atoms with Gasteiger partial charge in [-0.2, -0.15) is 9.78 Å². The number of hydrogen-bond donors (Lipinski definition) is 0. The highest BCUT2D eigenvalue weighted by atomic mass is 16.7. The zero-order valence-corrected chi connectivity index (χ0v) is 15.8. The first kappa shape index (κ1) is 17.0. The molecule has 1 aromatic heterocycles. The molecule has 5 heterocycles. The van der Waals surface area contributed by atoms with Crippen molar-refractivity contribution in [3.63, 3.8) is 0 Å². The number of ether oxygens (including phenoxy) is 5. The Balaban J connectivity index is 1.33. The highest BCUT2D eigenvalue weighted by Crippen LogP contribution is 2.41. The molecule has 0 spiro atoms. The van der Waals surface area contributed by atoms with E-state index in [2.05, 4.69) is 5.10 Å². The van der Waals surface area contributed by atoms with Gasteiger partial charge in [0.2, 0.25) is 18.8 Å². The molecular formula is C20H21N3O6. The van der Waals surface area contributed by atoms with Crippen LogP contribution in [0.25, 0.3) is 0 Å². The maximum Gasteiger partial charge on any atom is 0.313 e. The molecular weight excluding hydrogens is 378 g/mol. The van der Waals surface area contributed by atoms with Gasteiger partial charge in [0.25, 0.3) is 0 Å². The molecule has 9 nitrogen and oxygen atoms in total. The Labute approximate surface area is 166 Å². The van der Waals surface area contributed by atoms with Crippen molar-refractivity contribution in [1.29, 1.82) is 0 Å². The maximum absolute atomic E-state index is 13.0. The fourth-order valence-electron chi connectivity index (χ4n) is 4.32. The van der Waals surface area contributed by atoms with Crippen molar-refractivity contribution in [1.82, 2.24) is 9.78 Å². The largest absolute Gasteiger partial charge is 0.480 e. The topological polar surface area (TPSA) is 84.3 Å². The van der Waals surface area contributed by atoms with Gasteiger partial charge in [-0.15, -0.1) is 0 Å². The molecule has 0 bridgehead atoms. The standard InChI is InChI=1S/C20H21N3O6/c24-20-19-13(9-21-23(20)17-3-1-2-6-25-17)22-5-4-12-7-15-16(28-11-27-15)8-14(12)29-18(22)10-26-19/h7-9,17-18H,1-6,10-11H2. The summed E-state index contributed by atoms with van der Waals surface area (Å²) in [6.45, 7) is 1.81. The fraction of sp³-hybridized carbons (Fsp3) is 0.500. The fourth-order valence-corrected chi connectivity index (χ4v) is 4.32. The van der Waals surface area contributed by atoms with Crippen molar-refractivity contribution < 1.29 is 23.7 Å². The van der Waals surface area contributed by atoms with Gasteiger partial charge < -0.3 is 28.6 Å². The zero-order chi connectivity index (χ0) is 19.4. The summed E-state index contributed by atoms with van der Waals surface area (Å²) in [5.74, 6) is 2.49. The van der Waals surface area contributed by atoms with Gasteiger partial charge in [-0.25, -0.2) is 0 Å². The molecule has 1 fully saturated rings. The summed E-state index contributed by atoms with van der Waals surface area (Å²) in [6.07, 6.45) is 4.59. The van der Waals surface area contributed by atoms with E-state index in [1.54, 1.807) is 6.20 Å². The van der Waals surface area contributed by atoms with Crippen LogP contribution in [0.2, 0.25) is 0 Å². The first-order chi connectivity index (χ1) is 14.3. The van der Waals surface area contributed by atoms with E-state index in [0.29, 0.717) is 30.3 Å². The van der Waals surface area contributed by atoms with Crippen LogP contribution in [0, 0.1) is 0 Å². The van der Waals surface area contributed by atoms with Crippen molar-refractivity contribution in [2.24, 2.45) is 0 Å². The quantitative estimate of drug-likeness (QED) is 0.718. The average Bonchev–Trinajstić information content (AvgIpc) is 3.12. The van der Waals surface area contributed by atoms with Crippen molar-refractivity contribution >= 4 is 5.69 Å². The molecule has 0 amide bonds. The second kappa shape index (κ2) is 6.55. The summed E-state index contributed by atoms with van der Waals surface area (Å²) in [5, 5.41) is 4.40. The van der Waals surface area contributed by atoms with E-state index < -0.39 is 0 Å². The number of nitrogens with zero attached hydrogens (tertiary/aromatic N) is 3. The third kappa shape index (κ3) is 2.71. The highest BCUT2D eigenvalue weighted by Gasteiger charge is 2.35. The number of aromatic nitrogens is 2. The molecule has 4 aliphatic heterocycles. The molecule has 2 atom stereocenters. The Morgan fingerprint density at radius 2 is 1.93 bits per heavy atom. The van der Waals surface area contributed by atoms with Crippen LogP contribution in [0.5, 0.6) is 23.0 Å². The monoisotopic (exact) mass is 399 g/mol. The molecule has 0 saturated carbocycles. The molecule has 2 aromatic rings. The van der Waals surface area contributed by atoms with Crippen molar-refractivity contribution in [3.8, 4) is 23.0 Å². The Morgan fingerprint density at radius 1 is 1.03 bits per heavy atom. The summed E-state index contributed by atoms with van der Waals surface area (Å²) in [6, 6.07) is 3.84. The van der Waals surface area contributed by atoms with Crippen LogP contribution < -0.4 is 29.4 Å². The summed E-state index contributed by atoms with van der Waals surface area (Å²) in [4.78, 5) is 15.1. The smallest absolute Gasteiger partial charge is 0.313 e. The van der Waals surface area contributed by atoms with Gasteiger partial charge in [0, 0.05) is 19.2 Å². The lowest BCUT2D eigenvalue weighted by Gasteiger charge is -2.36. The Bertz CT molecular complexity index is 1020. The van der Waals surface area contributed by atoms with Crippen LogP contribution in [0.15, 0.2) is 23.1 Å². The summed E-state index contributed by atoms with van der Waals surface area (Å²) in [5.41, 5.74) is 1.45. The maximum atomic E-state index is 13.0. The Morgan fingerprint density at radius 3 is 2.79 bits per heavy atom. The van der Waals surface area contributed by atoms with E-state index in [4.69, 9.17) is 23.7 Å². The summed E-state index contributed by atoms with van der Waals surface area (Å²) >= 11 is 0. The average molecular weight is 399 g/mol. The molecule has 9 heteroatoms. The van der Waals surface area contributed by atoms with Crippen LogP contribution in [-0.4, -0.2) is 42.6 Å². The third-order valence-electron chi connectivity index (χ3n) is 5.84. The van der Waals surface area contributed by atoms with E-state index in [9.17, 15) is 4.79 Å². The van der Waals surface area contributed by atoms with E-state index in [1.807, 2.05) is 17.0 Å². The highest BCUT2D eigenvalue weighted by molar-refractivity contribution is 5.60. The summed E-state index contributed by atoms with van der Waals surface area (Å²) in [7, 11) is 0. The number of rotatable bonds is 1. The van der Waals surface area contributed by atoms with Crippen LogP contribution in [0.1, 0.15) is 31.1 Å². The number of hydrogen-bond acceptors (Lipinski definition) is 8. The van der Waals surface area contributed by atoms with E-state index in [1.165, 1.54) is 4.68 Å². The third-order valence-corrected chi connectivity index (χ3v) is 5.84.